The number of ether oxygens (including phenoxy) is 3. The van der Waals surface area contributed by atoms with Gasteiger partial charge in [0, 0.05) is 11.1 Å². The maximum absolute atomic E-state index is 13.3. The average Bonchev–Trinajstić information content (AvgIpc) is 2.65. The van der Waals surface area contributed by atoms with Crippen LogP contribution in [0.25, 0.3) is 0 Å². The minimum atomic E-state index is -3.91. The fraction of sp³-hybridized carbons (Fsp3) is 0.222. The lowest BCUT2D eigenvalue weighted by atomic mass is 10.3. The van der Waals surface area contributed by atoms with Gasteiger partial charge in [-0.3, -0.25) is 4.31 Å². The first-order valence-electron chi connectivity index (χ1n) is 7.84. The zero-order chi connectivity index (χ0) is 18.7. The van der Waals surface area contributed by atoms with Crippen LogP contribution in [0.3, 0.4) is 0 Å². The highest BCUT2D eigenvalue weighted by molar-refractivity contribution is 7.92. The van der Waals surface area contributed by atoms with Crippen LogP contribution in [0, 0.1) is 0 Å². The van der Waals surface area contributed by atoms with E-state index in [-0.39, 0.29) is 11.4 Å². The highest BCUT2D eigenvalue weighted by Crippen LogP contribution is 2.37. The number of anilines is 1. The van der Waals surface area contributed by atoms with Crippen molar-refractivity contribution < 1.29 is 22.6 Å². The summed E-state index contributed by atoms with van der Waals surface area (Å²) in [5, 5.41) is 0.396. The first-order chi connectivity index (χ1) is 12.5. The number of rotatable bonds is 6. The van der Waals surface area contributed by atoms with Gasteiger partial charge in [-0.2, -0.15) is 0 Å². The van der Waals surface area contributed by atoms with Gasteiger partial charge in [0.2, 0.25) is 0 Å². The van der Waals surface area contributed by atoms with E-state index < -0.39 is 10.0 Å². The summed E-state index contributed by atoms with van der Waals surface area (Å²) in [6.07, 6.45) is 1.50. The summed E-state index contributed by atoms with van der Waals surface area (Å²) in [7, 11) is -2.44. The second-order valence-electron chi connectivity index (χ2n) is 5.45. The first-order valence-corrected chi connectivity index (χ1v) is 9.66. The summed E-state index contributed by atoms with van der Waals surface area (Å²) in [6.45, 7) is 4.51. The number of benzene rings is 2. The Bertz CT molecular complexity index is 929. The SMILES string of the molecule is C=CCN(c1cc(Cl)ccc1OC)S(=O)(=O)c1ccc2c(c1)OCCO2. The molecule has 0 spiro atoms. The van der Waals surface area contributed by atoms with E-state index >= 15 is 0 Å². The molecule has 0 unspecified atom stereocenters. The third-order valence-electron chi connectivity index (χ3n) is 3.81. The Morgan fingerprint density at radius 1 is 1.19 bits per heavy atom. The molecule has 2 aromatic carbocycles. The molecule has 0 amide bonds. The molecule has 1 aliphatic rings. The molecule has 0 bridgehead atoms. The summed E-state index contributed by atoms with van der Waals surface area (Å²) in [4.78, 5) is 0.0747. The summed E-state index contributed by atoms with van der Waals surface area (Å²) in [5.74, 6) is 1.30. The largest absolute Gasteiger partial charge is 0.495 e. The molecule has 0 aromatic heterocycles. The van der Waals surface area contributed by atoms with Gasteiger partial charge in [-0.1, -0.05) is 17.7 Å². The van der Waals surface area contributed by atoms with Crippen LogP contribution in [-0.2, 0) is 10.0 Å². The predicted molar refractivity (Wildman–Crippen MR) is 100 cm³/mol. The zero-order valence-corrected chi connectivity index (χ0v) is 15.7. The van der Waals surface area contributed by atoms with Gasteiger partial charge >= 0.3 is 0 Å². The van der Waals surface area contributed by atoms with Gasteiger partial charge in [-0.05, 0) is 30.3 Å². The standard InChI is InChI=1S/C18H18ClNO5S/c1-3-8-20(15-11-13(19)4-6-16(15)23-2)26(21,22)14-5-7-17-18(12-14)25-10-9-24-17/h3-7,11-12H,1,8-10H2,2H3. The van der Waals surface area contributed by atoms with Crippen molar-refractivity contribution in [2.45, 2.75) is 4.90 Å². The van der Waals surface area contributed by atoms with Crippen molar-refractivity contribution in [3.8, 4) is 17.2 Å². The molecule has 138 valence electrons. The Morgan fingerprint density at radius 3 is 2.62 bits per heavy atom. The second-order valence-corrected chi connectivity index (χ2v) is 7.75. The van der Waals surface area contributed by atoms with Crippen LogP contribution in [0.5, 0.6) is 17.2 Å². The van der Waals surface area contributed by atoms with Gasteiger partial charge in [-0.25, -0.2) is 8.42 Å². The average molecular weight is 396 g/mol. The van der Waals surface area contributed by atoms with Gasteiger partial charge in [0.15, 0.2) is 11.5 Å². The van der Waals surface area contributed by atoms with Crippen LogP contribution in [0.15, 0.2) is 53.9 Å². The molecule has 26 heavy (non-hydrogen) atoms. The van der Waals surface area contributed by atoms with E-state index in [1.165, 1.54) is 29.6 Å². The topological polar surface area (TPSA) is 65.1 Å². The normalized spacial score (nSPS) is 13.2. The van der Waals surface area contributed by atoms with Crippen molar-refractivity contribution in [2.75, 3.05) is 31.2 Å². The number of hydrogen-bond acceptors (Lipinski definition) is 5. The molecule has 0 N–H and O–H groups in total. The van der Waals surface area contributed by atoms with Crippen LogP contribution >= 0.6 is 11.6 Å². The Kier molecular flexibility index (Phi) is 5.29. The van der Waals surface area contributed by atoms with Crippen molar-refractivity contribution in [3.63, 3.8) is 0 Å². The van der Waals surface area contributed by atoms with E-state index in [0.29, 0.717) is 41.2 Å². The Morgan fingerprint density at radius 2 is 1.92 bits per heavy atom. The lowest BCUT2D eigenvalue weighted by molar-refractivity contribution is 0.171. The molecular weight excluding hydrogens is 378 g/mol. The van der Waals surface area contributed by atoms with Crippen LogP contribution in [-0.4, -0.2) is 35.3 Å². The molecule has 6 nitrogen and oxygen atoms in total. The zero-order valence-electron chi connectivity index (χ0n) is 14.1. The predicted octanol–water partition coefficient (Wildman–Crippen LogP) is 3.50. The highest BCUT2D eigenvalue weighted by atomic mass is 35.5. The minimum Gasteiger partial charge on any atom is -0.495 e. The van der Waals surface area contributed by atoms with Crippen molar-refractivity contribution in [1.82, 2.24) is 0 Å². The van der Waals surface area contributed by atoms with Crippen LogP contribution in [0.1, 0.15) is 0 Å². The van der Waals surface area contributed by atoms with E-state index in [4.69, 9.17) is 25.8 Å². The number of fused-ring (bicyclic) bond motifs is 1. The molecule has 0 saturated carbocycles. The maximum atomic E-state index is 13.3. The number of halogens is 1. The van der Waals surface area contributed by atoms with Gasteiger partial charge in [0.1, 0.15) is 19.0 Å². The van der Waals surface area contributed by atoms with Crippen molar-refractivity contribution in [2.24, 2.45) is 0 Å². The fourth-order valence-corrected chi connectivity index (χ4v) is 4.23. The molecule has 0 saturated heterocycles. The summed E-state index contributed by atoms with van der Waals surface area (Å²) in [6, 6.07) is 9.31. The molecule has 8 heteroatoms. The quantitative estimate of drug-likeness (QED) is 0.700. The third kappa shape index (κ3) is 3.45. The second kappa shape index (κ2) is 7.47. The van der Waals surface area contributed by atoms with Gasteiger partial charge < -0.3 is 14.2 Å². The van der Waals surface area contributed by atoms with Crippen molar-refractivity contribution in [1.29, 1.82) is 0 Å². The van der Waals surface area contributed by atoms with Gasteiger partial charge in [0.25, 0.3) is 10.0 Å². The molecular formula is C18H18ClNO5S. The lowest BCUT2D eigenvalue weighted by Crippen LogP contribution is -2.31. The summed E-state index contributed by atoms with van der Waals surface area (Å²) < 4.78 is 44.0. The first kappa shape index (κ1) is 18.4. The Hall–Kier alpha value is -2.38. The molecule has 0 atom stereocenters. The van der Waals surface area contributed by atoms with Crippen LogP contribution < -0.4 is 18.5 Å². The summed E-state index contributed by atoms with van der Waals surface area (Å²) in [5.41, 5.74) is 0.329. The van der Waals surface area contributed by atoms with Crippen molar-refractivity contribution in [3.05, 3.63) is 54.1 Å². The van der Waals surface area contributed by atoms with Gasteiger partial charge in [0.05, 0.1) is 24.2 Å². The maximum Gasteiger partial charge on any atom is 0.264 e. The molecule has 3 rings (SSSR count). The molecule has 0 fully saturated rings. The molecule has 2 aromatic rings. The van der Waals surface area contributed by atoms with Crippen molar-refractivity contribution >= 4 is 27.3 Å². The molecule has 1 aliphatic heterocycles. The Balaban J connectivity index is 2.10. The van der Waals surface area contributed by atoms with E-state index in [1.807, 2.05) is 0 Å². The number of nitrogens with zero attached hydrogens (tertiary/aromatic N) is 1. The summed E-state index contributed by atoms with van der Waals surface area (Å²) >= 11 is 6.07. The number of hydrogen-bond donors (Lipinski definition) is 0. The van der Waals surface area contributed by atoms with E-state index in [2.05, 4.69) is 6.58 Å². The van der Waals surface area contributed by atoms with E-state index in [0.717, 1.165) is 0 Å². The Labute approximate surface area is 157 Å². The van der Waals surface area contributed by atoms with Gasteiger partial charge in [-0.15, -0.1) is 6.58 Å². The van der Waals surface area contributed by atoms with Crippen LogP contribution in [0.2, 0.25) is 5.02 Å². The fourth-order valence-electron chi connectivity index (χ4n) is 2.61. The molecule has 0 radical (unpaired) electrons. The number of methoxy groups -OCH3 is 1. The highest BCUT2D eigenvalue weighted by Gasteiger charge is 2.28. The third-order valence-corrected chi connectivity index (χ3v) is 5.82. The van der Waals surface area contributed by atoms with E-state index in [9.17, 15) is 8.42 Å². The molecule has 1 heterocycles. The monoisotopic (exact) mass is 395 g/mol. The minimum absolute atomic E-state index is 0.0491. The molecule has 0 aliphatic carbocycles. The number of sulfonamides is 1. The lowest BCUT2D eigenvalue weighted by Gasteiger charge is -2.26. The van der Waals surface area contributed by atoms with Crippen LogP contribution in [0.4, 0.5) is 5.69 Å². The smallest absolute Gasteiger partial charge is 0.264 e. The van der Waals surface area contributed by atoms with E-state index in [1.54, 1.807) is 24.3 Å².